The zero-order chi connectivity index (χ0) is 13.6. The molecule has 0 bridgehead atoms. The standard InChI is InChI=1S/C13H24N2O3/c1-3-13(2,11(16)17)10-14-12(18)15-8-6-4-5-7-9-15/h3-10H2,1-2H3,(H,14,18)(H,16,17). The van der Waals surface area contributed by atoms with Crippen molar-refractivity contribution in [2.75, 3.05) is 19.6 Å². The van der Waals surface area contributed by atoms with E-state index in [2.05, 4.69) is 5.32 Å². The zero-order valence-electron chi connectivity index (χ0n) is 11.4. The Kier molecular flexibility index (Phi) is 5.44. The van der Waals surface area contributed by atoms with Crippen molar-refractivity contribution in [2.45, 2.75) is 46.0 Å². The summed E-state index contributed by atoms with van der Waals surface area (Å²) in [4.78, 5) is 24.9. The Morgan fingerprint density at radius 3 is 2.22 bits per heavy atom. The number of aliphatic carboxylic acids is 1. The SMILES string of the molecule is CCC(C)(CNC(=O)N1CCCCCC1)C(=O)O. The van der Waals surface area contributed by atoms with Crippen LogP contribution < -0.4 is 5.32 Å². The molecule has 5 nitrogen and oxygen atoms in total. The largest absolute Gasteiger partial charge is 0.481 e. The van der Waals surface area contributed by atoms with Crippen LogP contribution in [0, 0.1) is 5.41 Å². The van der Waals surface area contributed by atoms with E-state index in [-0.39, 0.29) is 12.6 Å². The van der Waals surface area contributed by atoms with E-state index in [9.17, 15) is 9.59 Å². The lowest BCUT2D eigenvalue weighted by Gasteiger charge is -2.26. The summed E-state index contributed by atoms with van der Waals surface area (Å²) < 4.78 is 0. The van der Waals surface area contributed by atoms with Gasteiger partial charge in [-0.2, -0.15) is 0 Å². The minimum atomic E-state index is -0.874. The van der Waals surface area contributed by atoms with Crippen LogP contribution in [0.25, 0.3) is 0 Å². The summed E-state index contributed by atoms with van der Waals surface area (Å²) in [6.07, 6.45) is 4.93. The van der Waals surface area contributed by atoms with Crippen molar-refractivity contribution in [1.82, 2.24) is 10.2 Å². The number of carboxylic acid groups (broad SMARTS) is 1. The summed E-state index contributed by atoms with van der Waals surface area (Å²) in [5, 5.41) is 11.9. The Morgan fingerprint density at radius 1 is 1.22 bits per heavy atom. The highest BCUT2D eigenvalue weighted by molar-refractivity contribution is 5.77. The number of hydrogen-bond acceptors (Lipinski definition) is 2. The third-order valence-corrected chi connectivity index (χ3v) is 3.82. The molecule has 0 aliphatic carbocycles. The maximum atomic E-state index is 12.0. The second-order valence-corrected chi connectivity index (χ2v) is 5.28. The van der Waals surface area contributed by atoms with Gasteiger partial charge in [0.15, 0.2) is 0 Å². The summed E-state index contributed by atoms with van der Waals surface area (Å²) in [7, 11) is 0. The van der Waals surface area contributed by atoms with Crippen molar-refractivity contribution >= 4 is 12.0 Å². The van der Waals surface area contributed by atoms with Crippen LogP contribution in [-0.2, 0) is 4.79 Å². The van der Waals surface area contributed by atoms with Gasteiger partial charge in [0.2, 0.25) is 0 Å². The lowest BCUT2D eigenvalue weighted by Crippen LogP contribution is -2.46. The number of carbonyl (C=O) groups excluding carboxylic acids is 1. The third-order valence-electron chi connectivity index (χ3n) is 3.82. The van der Waals surface area contributed by atoms with Gasteiger partial charge >= 0.3 is 12.0 Å². The Labute approximate surface area is 109 Å². The molecule has 1 aliphatic rings. The molecule has 0 aromatic heterocycles. The molecule has 104 valence electrons. The first-order valence-corrected chi connectivity index (χ1v) is 6.76. The van der Waals surface area contributed by atoms with Crippen molar-refractivity contribution in [3.8, 4) is 0 Å². The van der Waals surface area contributed by atoms with E-state index in [4.69, 9.17) is 5.11 Å². The zero-order valence-corrected chi connectivity index (χ0v) is 11.4. The summed E-state index contributed by atoms with van der Waals surface area (Å²) in [6.45, 7) is 5.24. The minimum absolute atomic E-state index is 0.127. The maximum absolute atomic E-state index is 12.0. The Balaban J connectivity index is 2.46. The van der Waals surface area contributed by atoms with Crippen molar-refractivity contribution < 1.29 is 14.7 Å². The van der Waals surface area contributed by atoms with Crippen molar-refractivity contribution in [3.63, 3.8) is 0 Å². The number of rotatable bonds is 4. The van der Waals surface area contributed by atoms with Crippen LogP contribution in [0.15, 0.2) is 0 Å². The van der Waals surface area contributed by atoms with Gasteiger partial charge in [0.25, 0.3) is 0 Å². The molecule has 1 atom stereocenters. The normalized spacial score (nSPS) is 19.8. The lowest BCUT2D eigenvalue weighted by atomic mass is 9.88. The van der Waals surface area contributed by atoms with E-state index in [0.717, 1.165) is 25.9 Å². The molecule has 1 aliphatic heterocycles. The highest BCUT2D eigenvalue weighted by Crippen LogP contribution is 2.20. The molecule has 5 heteroatoms. The van der Waals surface area contributed by atoms with E-state index < -0.39 is 11.4 Å². The lowest BCUT2D eigenvalue weighted by molar-refractivity contribution is -0.147. The fourth-order valence-electron chi connectivity index (χ4n) is 2.01. The number of urea groups is 1. The average molecular weight is 256 g/mol. The first-order valence-electron chi connectivity index (χ1n) is 6.76. The molecular weight excluding hydrogens is 232 g/mol. The molecule has 0 radical (unpaired) electrons. The van der Waals surface area contributed by atoms with Crippen LogP contribution in [0.2, 0.25) is 0 Å². The van der Waals surface area contributed by atoms with Crippen LogP contribution in [0.3, 0.4) is 0 Å². The maximum Gasteiger partial charge on any atom is 0.317 e. The minimum Gasteiger partial charge on any atom is -0.481 e. The van der Waals surface area contributed by atoms with Crippen LogP contribution >= 0.6 is 0 Å². The van der Waals surface area contributed by atoms with E-state index in [1.54, 1.807) is 11.8 Å². The molecule has 0 aromatic carbocycles. The predicted molar refractivity (Wildman–Crippen MR) is 69.5 cm³/mol. The summed E-state index contributed by atoms with van der Waals surface area (Å²) in [5.74, 6) is -0.860. The molecule has 1 rings (SSSR count). The number of carbonyl (C=O) groups is 2. The predicted octanol–water partition coefficient (Wildman–Crippen LogP) is 2.07. The second kappa shape index (κ2) is 6.61. The number of nitrogens with one attached hydrogen (secondary N) is 1. The van der Waals surface area contributed by atoms with Gasteiger partial charge in [0.05, 0.1) is 5.41 Å². The van der Waals surface area contributed by atoms with E-state index in [1.807, 2.05) is 6.92 Å². The fourth-order valence-corrected chi connectivity index (χ4v) is 2.01. The number of amides is 2. The number of carboxylic acids is 1. The smallest absolute Gasteiger partial charge is 0.317 e. The van der Waals surface area contributed by atoms with Gasteiger partial charge in [-0.3, -0.25) is 4.79 Å². The third kappa shape index (κ3) is 3.89. The van der Waals surface area contributed by atoms with Gasteiger partial charge in [0, 0.05) is 19.6 Å². The van der Waals surface area contributed by atoms with Gasteiger partial charge in [-0.25, -0.2) is 4.79 Å². The molecule has 2 N–H and O–H groups in total. The molecule has 1 heterocycles. The number of nitrogens with zero attached hydrogens (tertiary/aromatic N) is 1. The summed E-state index contributed by atoms with van der Waals surface area (Å²) in [5.41, 5.74) is -0.874. The van der Waals surface area contributed by atoms with Gasteiger partial charge in [0.1, 0.15) is 0 Å². The van der Waals surface area contributed by atoms with Crippen LogP contribution in [0.5, 0.6) is 0 Å². The monoisotopic (exact) mass is 256 g/mol. The van der Waals surface area contributed by atoms with Gasteiger partial charge in [-0.1, -0.05) is 19.8 Å². The van der Waals surface area contributed by atoms with E-state index >= 15 is 0 Å². The van der Waals surface area contributed by atoms with Gasteiger partial charge < -0.3 is 15.3 Å². The fraction of sp³-hybridized carbons (Fsp3) is 0.846. The van der Waals surface area contributed by atoms with Crippen LogP contribution in [-0.4, -0.2) is 41.6 Å². The molecule has 1 saturated heterocycles. The second-order valence-electron chi connectivity index (χ2n) is 5.28. The van der Waals surface area contributed by atoms with E-state index in [1.165, 1.54) is 12.8 Å². The first-order chi connectivity index (χ1) is 8.49. The van der Waals surface area contributed by atoms with Crippen molar-refractivity contribution in [2.24, 2.45) is 5.41 Å². The molecule has 0 saturated carbocycles. The Hall–Kier alpha value is -1.26. The van der Waals surface area contributed by atoms with Crippen molar-refractivity contribution in [3.05, 3.63) is 0 Å². The van der Waals surface area contributed by atoms with Crippen LogP contribution in [0.4, 0.5) is 4.79 Å². The van der Waals surface area contributed by atoms with Crippen molar-refractivity contribution in [1.29, 1.82) is 0 Å². The highest BCUT2D eigenvalue weighted by Gasteiger charge is 2.32. The van der Waals surface area contributed by atoms with Gasteiger partial charge in [-0.05, 0) is 26.2 Å². The molecule has 0 aromatic rings. The quantitative estimate of drug-likeness (QED) is 0.809. The average Bonchev–Trinajstić information content (AvgIpc) is 2.64. The van der Waals surface area contributed by atoms with Crippen LogP contribution in [0.1, 0.15) is 46.0 Å². The highest BCUT2D eigenvalue weighted by atomic mass is 16.4. The molecule has 18 heavy (non-hydrogen) atoms. The Bertz CT molecular complexity index is 299. The topological polar surface area (TPSA) is 69.6 Å². The molecule has 1 unspecified atom stereocenters. The summed E-state index contributed by atoms with van der Waals surface area (Å²) >= 11 is 0. The van der Waals surface area contributed by atoms with Gasteiger partial charge in [-0.15, -0.1) is 0 Å². The molecular formula is C13H24N2O3. The molecule has 1 fully saturated rings. The molecule has 0 spiro atoms. The van der Waals surface area contributed by atoms with E-state index in [0.29, 0.717) is 6.42 Å². The number of hydrogen-bond donors (Lipinski definition) is 2. The first kappa shape index (κ1) is 14.8. The number of likely N-dealkylation sites (tertiary alicyclic amines) is 1. The molecule has 2 amide bonds. The Morgan fingerprint density at radius 2 is 1.78 bits per heavy atom. The summed E-state index contributed by atoms with van der Waals surface area (Å²) in [6, 6.07) is -0.127.